The first-order valence-electron chi connectivity index (χ1n) is 10.2. The van der Waals surface area contributed by atoms with E-state index in [4.69, 9.17) is 4.74 Å². The number of carbonyl (C=O) groups is 2. The Hall–Kier alpha value is -3.93. The Bertz CT molecular complexity index is 1040. The third-order valence-electron chi connectivity index (χ3n) is 4.98. The summed E-state index contributed by atoms with van der Waals surface area (Å²) < 4.78 is 5.59. The Labute approximate surface area is 181 Å². The molecule has 0 saturated heterocycles. The number of amides is 2. The Kier molecular flexibility index (Phi) is 6.38. The van der Waals surface area contributed by atoms with Gasteiger partial charge in [-0.25, -0.2) is 5.43 Å². The van der Waals surface area contributed by atoms with Crippen LogP contribution in [0.25, 0.3) is 0 Å². The Morgan fingerprint density at radius 2 is 1.45 bits per heavy atom. The van der Waals surface area contributed by atoms with Crippen LogP contribution in [-0.4, -0.2) is 30.7 Å². The molecular formula is C25H23N3O3. The number of ether oxygens (including phenoxy) is 1. The van der Waals surface area contributed by atoms with Crippen molar-refractivity contribution in [3.8, 4) is 5.75 Å². The summed E-state index contributed by atoms with van der Waals surface area (Å²) >= 11 is 0. The number of nitrogens with one attached hydrogen (secondary N) is 1. The van der Waals surface area contributed by atoms with Crippen LogP contribution in [0.15, 0.2) is 90.0 Å². The standard InChI is InChI=1S/C25H23N3O3/c29-23(15-16-24(30)28-17-18-31-22-14-8-7-13-21(22)28)26-27-25(19-9-3-1-4-10-19)20-11-5-2-6-12-20/h1-14H,15-18H2,(H,26,29). The lowest BCUT2D eigenvalue weighted by molar-refractivity contribution is -0.125. The van der Waals surface area contributed by atoms with Gasteiger partial charge in [-0.05, 0) is 12.1 Å². The minimum absolute atomic E-state index is 0.0543. The van der Waals surface area contributed by atoms with E-state index in [2.05, 4.69) is 10.5 Å². The number of para-hydroxylation sites is 2. The van der Waals surface area contributed by atoms with Gasteiger partial charge in [0.25, 0.3) is 0 Å². The Morgan fingerprint density at radius 3 is 2.13 bits per heavy atom. The summed E-state index contributed by atoms with van der Waals surface area (Å²) in [5.74, 6) is 0.270. The molecule has 2 amide bonds. The van der Waals surface area contributed by atoms with E-state index in [1.165, 1.54) is 0 Å². The fourth-order valence-electron chi connectivity index (χ4n) is 3.45. The molecule has 0 fully saturated rings. The molecule has 0 spiro atoms. The second-order valence-corrected chi connectivity index (χ2v) is 7.09. The summed E-state index contributed by atoms with van der Waals surface area (Å²) in [6, 6.07) is 26.8. The molecule has 3 aromatic rings. The maximum absolute atomic E-state index is 12.7. The molecule has 1 N–H and O–H groups in total. The van der Waals surface area contributed by atoms with Crippen LogP contribution >= 0.6 is 0 Å². The molecule has 6 heteroatoms. The van der Waals surface area contributed by atoms with Crippen LogP contribution in [0.5, 0.6) is 5.75 Å². The minimum atomic E-state index is -0.306. The van der Waals surface area contributed by atoms with Gasteiger partial charge in [0.1, 0.15) is 12.4 Å². The molecule has 1 aliphatic heterocycles. The van der Waals surface area contributed by atoms with Gasteiger partial charge in [0.2, 0.25) is 11.8 Å². The summed E-state index contributed by atoms with van der Waals surface area (Å²) in [5, 5.41) is 4.36. The zero-order valence-corrected chi connectivity index (χ0v) is 17.0. The molecule has 0 saturated carbocycles. The van der Waals surface area contributed by atoms with Crippen molar-refractivity contribution in [2.45, 2.75) is 12.8 Å². The topological polar surface area (TPSA) is 71.0 Å². The third-order valence-corrected chi connectivity index (χ3v) is 4.98. The fourth-order valence-corrected chi connectivity index (χ4v) is 3.45. The second kappa shape index (κ2) is 9.71. The first-order valence-corrected chi connectivity index (χ1v) is 10.2. The van der Waals surface area contributed by atoms with Gasteiger partial charge in [-0.1, -0.05) is 72.8 Å². The molecule has 31 heavy (non-hydrogen) atoms. The highest BCUT2D eigenvalue weighted by atomic mass is 16.5. The zero-order chi connectivity index (χ0) is 21.5. The number of anilines is 1. The van der Waals surface area contributed by atoms with E-state index >= 15 is 0 Å². The molecule has 0 radical (unpaired) electrons. The third kappa shape index (κ3) is 4.98. The van der Waals surface area contributed by atoms with E-state index in [0.29, 0.717) is 24.6 Å². The van der Waals surface area contributed by atoms with Crippen molar-refractivity contribution < 1.29 is 14.3 Å². The molecule has 156 valence electrons. The molecule has 0 unspecified atom stereocenters. The second-order valence-electron chi connectivity index (χ2n) is 7.09. The summed E-state index contributed by atoms with van der Waals surface area (Å²) in [6.45, 7) is 0.915. The molecular weight excluding hydrogens is 390 g/mol. The van der Waals surface area contributed by atoms with Gasteiger partial charge in [-0.15, -0.1) is 0 Å². The lowest BCUT2D eigenvalue weighted by Gasteiger charge is -2.29. The van der Waals surface area contributed by atoms with E-state index in [-0.39, 0.29) is 24.7 Å². The lowest BCUT2D eigenvalue weighted by Crippen LogP contribution is -2.38. The molecule has 3 aromatic carbocycles. The van der Waals surface area contributed by atoms with Crippen molar-refractivity contribution in [2.75, 3.05) is 18.1 Å². The van der Waals surface area contributed by atoms with Crippen molar-refractivity contribution in [2.24, 2.45) is 5.10 Å². The smallest absolute Gasteiger partial charge is 0.240 e. The lowest BCUT2D eigenvalue weighted by atomic mass is 10.0. The molecule has 1 aliphatic rings. The van der Waals surface area contributed by atoms with E-state index in [1.54, 1.807) is 4.90 Å². The number of benzene rings is 3. The maximum Gasteiger partial charge on any atom is 0.240 e. The van der Waals surface area contributed by atoms with Gasteiger partial charge in [-0.3, -0.25) is 9.59 Å². The largest absolute Gasteiger partial charge is 0.490 e. The molecule has 6 nitrogen and oxygen atoms in total. The van der Waals surface area contributed by atoms with Crippen LogP contribution in [0.1, 0.15) is 24.0 Å². The van der Waals surface area contributed by atoms with Crippen molar-refractivity contribution in [3.05, 3.63) is 96.1 Å². The average molecular weight is 413 g/mol. The molecule has 4 rings (SSSR count). The van der Waals surface area contributed by atoms with Gasteiger partial charge in [0.15, 0.2) is 0 Å². The van der Waals surface area contributed by atoms with Gasteiger partial charge >= 0.3 is 0 Å². The Balaban J connectivity index is 1.41. The summed E-state index contributed by atoms with van der Waals surface area (Å²) in [7, 11) is 0. The predicted octanol–water partition coefficient (Wildman–Crippen LogP) is 3.76. The number of carbonyl (C=O) groups excluding carboxylic acids is 2. The number of hydrazone groups is 1. The van der Waals surface area contributed by atoms with Crippen molar-refractivity contribution in [1.29, 1.82) is 0 Å². The van der Waals surface area contributed by atoms with E-state index < -0.39 is 0 Å². The fraction of sp³-hybridized carbons (Fsp3) is 0.160. The summed E-state index contributed by atoms with van der Waals surface area (Å²) in [6.07, 6.45) is 0.153. The molecule has 0 bridgehead atoms. The van der Waals surface area contributed by atoms with Crippen LogP contribution in [-0.2, 0) is 9.59 Å². The zero-order valence-electron chi connectivity index (χ0n) is 17.0. The normalized spacial score (nSPS) is 12.3. The number of nitrogens with zero attached hydrogens (tertiary/aromatic N) is 2. The van der Waals surface area contributed by atoms with E-state index in [9.17, 15) is 9.59 Å². The first-order chi connectivity index (χ1) is 15.2. The van der Waals surface area contributed by atoms with Crippen molar-refractivity contribution in [1.82, 2.24) is 5.43 Å². The van der Waals surface area contributed by atoms with Crippen molar-refractivity contribution >= 4 is 23.2 Å². The monoisotopic (exact) mass is 413 g/mol. The van der Waals surface area contributed by atoms with Gasteiger partial charge < -0.3 is 9.64 Å². The maximum atomic E-state index is 12.7. The number of rotatable bonds is 6. The van der Waals surface area contributed by atoms with Gasteiger partial charge in [0, 0.05) is 24.0 Å². The van der Waals surface area contributed by atoms with Crippen molar-refractivity contribution in [3.63, 3.8) is 0 Å². The summed E-state index contributed by atoms with van der Waals surface area (Å²) in [4.78, 5) is 26.8. The highest BCUT2D eigenvalue weighted by molar-refractivity contribution is 6.13. The number of fused-ring (bicyclic) bond motifs is 1. The van der Waals surface area contributed by atoms with Crippen LogP contribution in [0, 0.1) is 0 Å². The summed E-state index contributed by atoms with van der Waals surface area (Å²) in [5.41, 5.74) is 5.82. The highest BCUT2D eigenvalue weighted by Crippen LogP contribution is 2.31. The SMILES string of the molecule is O=C(CCC(=O)N1CCOc2ccccc21)NN=C(c1ccccc1)c1ccccc1. The average Bonchev–Trinajstić information content (AvgIpc) is 2.83. The first kappa shape index (κ1) is 20.3. The molecule has 0 aliphatic carbocycles. The quantitative estimate of drug-likeness (QED) is 0.494. The highest BCUT2D eigenvalue weighted by Gasteiger charge is 2.23. The predicted molar refractivity (Wildman–Crippen MR) is 120 cm³/mol. The number of hydrogen-bond acceptors (Lipinski definition) is 4. The molecule has 0 aromatic heterocycles. The molecule has 1 heterocycles. The van der Waals surface area contributed by atoms with Crippen LogP contribution in [0.4, 0.5) is 5.69 Å². The van der Waals surface area contributed by atoms with Crippen LogP contribution in [0.3, 0.4) is 0 Å². The van der Waals surface area contributed by atoms with E-state index in [0.717, 1.165) is 16.8 Å². The van der Waals surface area contributed by atoms with Gasteiger partial charge in [-0.2, -0.15) is 5.10 Å². The number of hydrogen-bond donors (Lipinski definition) is 1. The van der Waals surface area contributed by atoms with Crippen LogP contribution in [0.2, 0.25) is 0 Å². The van der Waals surface area contributed by atoms with Gasteiger partial charge in [0.05, 0.1) is 17.9 Å². The molecule has 0 atom stereocenters. The Morgan fingerprint density at radius 1 is 0.839 bits per heavy atom. The van der Waals surface area contributed by atoms with E-state index in [1.807, 2.05) is 84.9 Å². The van der Waals surface area contributed by atoms with Crippen LogP contribution < -0.4 is 15.1 Å². The minimum Gasteiger partial charge on any atom is -0.490 e.